The third kappa shape index (κ3) is 5.14. The number of morpholine rings is 1. The van der Waals surface area contributed by atoms with E-state index in [1.54, 1.807) is 0 Å². The Morgan fingerprint density at radius 3 is 2.56 bits per heavy atom. The highest BCUT2D eigenvalue weighted by atomic mass is 16.5. The van der Waals surface area contributed by atoms with E-state index in [4.69, 9.17) is 4.74 Å². The Hall–Kier alpha value is -0.940. The molecule has 1 saturated heterocycles. The maximum Gasteiger partial charge on any atom is 0.306 e. The molecule has 0 radical (unpaired) electrons. The summed E-state index contributed by atoms with van der Waals surface area (Å²) in [7, 11) is 0. The molecule has 1 aliphatic heterocycles. The molecular weight excluding hydrogens is 234 g/mol. The van der Waals surface area contributed by atoms with E-state index >= 15 is 0 Å². The van der Waals surface area contributed by atoms with Crippen molar-refractivity contribution in [1.82, 2.24) is 5.32 Å². The molecule has 1 rings (SSSR count). The van der Waals surface area contributed by atoms with Crippen molar-refractivity contribution in [2.24, 2.45) is 11.3 Å². The Morgan fingerprint density at radius 1 is 1.44 bits per heavy atom. The molecule has 0 saturated carbocycles. The van der Waals surface area contributed by atoms with Crippen LogP contribution in [0.15, 0.2) is 0 Å². The number of carboxylic acid groups (broad SMARTS) is 1. The lowest BCUT2D eigenvalue weighted by atomic mass is 9.82. The van der Waals surface area contributed by atoms with Gasteiger partial charge in [0.15, 0.2) is 5.78 Å². The lowest BCUT2D eigenvalue weighted by Crippen LogP contribution is -2.44. The maximum atomic E-state index is 12.0. The molecule has 0 amide bonds. The largest absolute Gasteiger partial charge is 0.481 e. The lowest BCUT2D eigenvalue weighted by molar-refractivity contribution is -0.147. The van der Waals surface area contributed by atoms with Crippen LogP contribution in [0.4, 0.5) is 0 Å². The van der Waals surface area contributed by atoms with Crippen LogP contribution in [0, 0.1) is 11.3 Å². The SMILES string of the molecule is CC(C)(C)CC(CC(=O)C1CNCCO1)C(=O)O. The lowest BCUT2D eigenvalue weighted by Gasteiger charge is -2.26. The molecule has 0 bridgehead atoms. The molecule has 104 valence electrons. The fourth-order valence-electron chi connectivity index (χ4n) is 2.13. The van der Waals surface area contributed by atoms with Gasteiger partial charge in [-0.15, -0.1) is 0 Å². The molecular formula is C13H23NO4. The fraction of sp³-hybridized carbons (Fsp3) is 0.846. The molecule has 1 fully saturated rings. The monoisotopic (exact) mass is 257 g/mol. The van der Waals surface area contributed by atoms with Gasteiger partial charge in [0, 0.05) is 19.5 Å². The Morgan fingerprint density at radius 2 is 2.11 bits per heavy atom. The van der Waals surface area contributed by atoms with Crippen molar-refractivity contribution in [1.29, 1.82) is 0 Å². The van der Waals surface area contributed by atoms with Crippen LogP contribution in [-0.2, 0) is 14.3 Å². The minimum atomic E-state index is -0.901. The van der Waals surface area contributed by atoms with Crippen molar-refractivity contribution in [2.75, 3.05) is 19.7 Å². The zero-order valence-electron chi connectivity index (χ0n) is 11.4. The molecule has 2 unspecified atom stereocenters. The highest BCUT2D eigenvalue weighted by Gasteiger charge is 2.30. The molecule has 1 heterocycles. The van der Waals surface area contributed by atoms with Crippen molar-refractivity contribution in [2.45, 2.75) is 39.7 Å². The summed E-state index contributed by atoms with van der Waals surface area (Å²) in [6, 6.07) is 0. The van der Waals surface area contributed by atoms with Gasteiger partial charge >= 0.3 is 5.97 Å². The van der Waals surface area contributed by atoms with Crippen molar-refractivity contribution in [3.05, 3.63) is 0 Å². The highest BCUT2D eigenvalue weighted by molar-refractivity contribution is 5.87. The summed E-state index contributed by atoms with van der Waals surface area (Å²) in [6.45, 7) is 7.67. The van der Waals surface area contributed by atoms with Gasteiger partial charge in [0.25, 0.3) is 0 Å². The van der Waals surface area contributed by atoms with Crippen LogP contribution in [0.25, 0.3) is 0 Å². The van der Waals surface area contributed by atoms with E-state index in [-0.39, 0.29) is 17.6 Å². The van der Waals surface area contributed by atoms with Crippen LogP contribution in [0.1, 0.15) is 33.6 Å². The summed E-state index contributed by atoms with van der Waals surface area (Å²) in [4.78, 5) is 23.2. The summed E-state index contributed by atoms with van der Waals surface area (Å²) in [5.74, 6) is -1.64. The van der Waals surface area contributed by atoms with Crippen molar-refractivity contribution in [3.63, 3.8) is 0 Å². The number of ether oxygens (including phenoxy) is 1. The van der Waals surface area contributed by atoms with Gasteiger partial charge in [0.1, 0.15) is 6.10 Å². The number of aliphatic carboxylic acids is 1. The maximum absolute atomic E-state index is 12.0. The first kappa shape index (κ1) is 15.1. The fourth-order valence-corrected chi connectivity index (χ4v) is 2.13. The summed E-state index contributed by atoms with van der Waals surface area (Å²) in [5.41, 5.74) is -0.102. The molecule has 0 aromatic rings. The molecule has 1 aliphatic rings. The van der Waals surface area contributed by atoms with Gasteiger partial charge in [-0.05, 0) is 11.8 Å². The second-order valence-corrected chi connectivity index (χ2v) is 6.03. The van der Waals surface area contributed by atoms with Crippen molar-refractivity contribution >= 4 is 11.8 Å². The van der Waals surface area contributed by atoms with E-state index in [1.165, 1.54) is 0 Å². The molecule has 18 heavy (non-hydrogen) atoms. The van der Waals surface area contributed by atoms with Gasteiger partial charge in [-0.3, -0.25) is 9.59 Å². The predicted octanol–water partition coefficient (Wildman–Crippen LogP) is 1.07. The number of ketones is 1. The van der Waals surface area contributed by atoms with Crippen LogP contribution in [0.5, 0.6) is 0 Å². The van der Waals surface area contributed by atoms with E-state index < -0.39 is 18.0 Å². The molecule has 0 aliphatic carbocycles. The number of carbonyl (C=O) groups is 2. The number of carboxylic acids is 1. The average Bonchev–Trinajstić information content (AvgIpc) is 2.27. The molecule has 5 heteroatoms. The van der Waals surface area contributed by atoms with Crippen LogP contribution < -0.4 is 5.32 Å². The van der Waals surface area contributed by atoms with E-state index in [0.717, 1.165) is 6.54 Å². The van der Waals surface area contributed by atoms with Gasteiger partial charge in [0.2, 0.25) is 0 Å². The smallest absolute Gasteiger partial charge is 0.306 e. The molecule has 0 aromatic carbocycles. The number of nitrogens with one attached hydrogen (secondary N) is 1. The van der Waals surface area contributed by atoms with Crippen LogP contribution in [0.3, 0.4) is 0 Å². The van der Waals surface area contributed by atoms with Gasteiger partial charge in [0.05, 0.1) is 12.5 Å². The van der Waals surface area contributed by atoms with Crippen LogP contribution in [-0.4, -0.2) is 42.7 Å². The number of Topliss-reactive ketones (excluding diaryl/α,β-unsaturated/α-hetero) is 1. The summed E-state index contributed by atoms with van der Waals surface area (Å²) >= 11 is 0. The Balaban J connectivity index is 2.54. The molecule has 2 atom stereocenters. The van der Waals surface area contributed by atoms with Crippen molar-refractivity contribution < 1.29 is 19.4 Å². The van der Waals surface area contributed by atoms with E-state index in [2.05, 4.69) is 5.32 Å². The molecule has 5 nitrogen and oxygen atoms in total. The third-order valence-electron chi connectivity index (χ3n) is 2.94. The van der Waals surface area contributed by atoms with Gasteiger partial charge < -0.3 is 15.2 Å². The molecule has 0 aromatic heterocycles. The second kappa shape index (κ2) is 6.29. The average molecular weight is 257 g/mol. The van der Waals surface area contributed by atoms with Gasteiger partial charge in [-0.2, -0.15) is 0 Å². The van der Waals surface area contributed by atoms with E-state index in [9.17, 15) is 14.7 Å². The number of carbonyl (C=O) groups excluding carboxylic acids is 1. The number of rotatable bonds is 5. The minimum absolute atomic E-state index is 0.0545. The Labute approximate surface area is 108 Å². The molecule has 2 N–H and O–H groups in total. The predicted molar refractivity (Wildman–Crippen MR) is 67.4 cm³/mol. The summed E-state index contributed by atoms with van der Waals surface area (Å²) in [6.07, 6.45) is 0.0632. The standard InChI is InChI=1S/C13H23NO4/c1-13(2,3)7-9(12(16)17)6-10(15)11-8-14-4-5-18-11/h9,11,14H,4-8H2,1-3H3,(H,16,17). The zero-order chi connectivity index (χ0) is 13.8. The van der Waals surface area contributed by atoms with Gasteiger partial charge in [-0.25, -0.2) is 0 Å². The first-order valence-corrected chi connectivity index (χ1v) is 6.37. The Kier molecular flexibility index (Phi) is 5.28. The Bertz CT molecular complexity index is 303. The van der Waals surface area contributed by atoms with Crippen molar-refractivity contribution in [3.8, 4) is 0 Å². The first-order valence-electron chi connectivity index (χ1n) is 6.37. The first-order chi connectivity index (χ1) is 8.29. The second-order valence-electron chi connectivity index (χ2n) is 6.03. The van der Waals surface area contributed by atoms with E-state index in [0.29, 0.717) is 19.6 Å². The zero-order valence-corrected chi connectivity index (χ0v) is 11.4. The number of hydrogen-bond acceptors (Lipinski definition) is 4. The topological polar surface area (TPSA) is 75.6 Å². The van der Waals surface area contributed by atoms with Gasteiger partial charge in [-0.1, -0.05) is 20.8 Å². The highest BCUT2D eigenvalue weighted by Crippen LogP contribution is 2.27. The van der Waals surface area contributed by atoms with E-state index in [1.807, 2.05) is 20.8 Å². The normalized spacial score (nSPS) is 22.5. The van der Waals surface area contributed by atoms with Crippen LogP contribution in [0.2, 0.25) is 0 Å². The summed E-state index contributed by atoms with van der Waals surface area (Å²) in [5, 5.41) is 12.2. The number of hydrogen-bond donors (Lipinski definition) is 2. The molecule has 0 spiro atoms. The third-order valence-corrected chi connectivity index (χ3v) is 2.94. The quantitative estimate of drug-likeness (QED) is 0.770. The summed E-state index contributed by atoms with van der Waals surface area (Å²) < 4.78 is 5.35. The van der Waals surface area contributed by atoms with Crippen LogP contribution >= 0.6 is 0 Å². The minimum Gasteiger partial charge on any atom is -0.481 e.